The summed E-state index contributed by atoms with van der Waals surface area (Å²) in [5, 5.41) is 0. The molecule has 0 aliphatic rings. The summed E-state index contributed by atoms with van der Waals surface area (Å²) in [6.45, 7) is 5.98. The molecule has 0 spiro atoms. The van der Waals surface area contributed by atoms with Gasteiger partial charge in [-0.05, 0) is 18.9 Å². The van der Waals surface area contributed by atoms with E-state index in [1.807, 2.05) is 4.90 Å². The Bertz CT molecular complexity index is 349. The van der Waals surface area contributed by atoms with Crippen molar-refractivity contribution >= 4 is 12.0 Å². The molecule has 1 aromatic rings. The molecule has 0 bridgehead atoms. The van der Waals surface area contributed by atoms with Gasteiger partial charge in [0.05, 0.1) is 18.2 Å². The lowest BCUT2D eigenvalue weighted by atomic mass is 10.2. The Morgan fingerprint density at radius 1 is 1.33 bits per heavy atom. The molecule has 1 rings (SSSR count). The summed E-state index contributed by atoms with van der Waals surface area (Å²) in [4.78, 5) is 20.8. The maximum Gasteiger partial charge on any atom is 0.246 e. The van der Waals surface area contributed by atoms with Gasteiger partial charge >= 0.3 is 0 Å². The highest BCUT2D eigenvalue weighted by atomic mass is 16.2. The summed E-state index contributed by atoms with van der Waals surface area (Å²) in [6.07, 6.45) is 11.1. The highest BCUT2D eigenvalue weighted by Gasteiger charge is 2.08. The van der Waals surface area contributed by atoms with E-state index < -0.39 is 0 Å². The molecule has 18 heavy (non-hydrogen) atoms. The lowest BCUT2D eigenvalue weighted by Crippen LogP contribution is -2.31. The van der Waals surface area contributed by atoms with E-state index in [4.69, 9.17) is 0 Å². The molecule has 0 radical (unpaired) electrons. The molecule has 1 heterocycles. The van der Waals surface area contributed by atoms with Gasteiger partial charge in [-0.3, -0.25) is 4.79 Å². The van der Waals surface area contributed by atoms with Crippen molar-refractivity contribution < 1.29 is 4.79 Å². The Balaban J connectivity index is 2.51. The first kappa shape index (κ1) is 14.5. The van der Waals surface area contributed by atoms with Crippen molar-refractivity contribution in [2.24, 2.45) is 0 Å². The van der Waals surface area contributed by atoms with Crippen LogP contribution in [0.4, 0.5) is 0 Å². The van der Waals surface area contributed by atoms with E-state index in [0.29, 0.717) is 0 Å². The number of carbonyl (C=O) groups is 1. The van der Waals surface area contributed by atoms with Gasteiger partial charge in [0.2, 0.25) is 5.91 Å². The maximum absolute atomic E-state index is 12.1. The minimum absolute atomic E-state index is 0.0894. The van der Waals surface area contributed by atoms with Crippen molar-refractivity contribution in [2.45, 2.75) is 39.5 Å². The molecule has 100 valence electrons. The van der Waals surface area contributed by atoms with Crippen LogP contribution in [0.5, 0.6) is 0 Å². The third-order valence-corrected chi connectivity index (χ3v) is 2.80. The van der Waals surface area contributed by atoms with Crippen molar-refractivity contribution in [3.8, 4) is 0 Å². The Morgan fingerprint density at radius 2 is 2.00 bits per heavy atom. The molecule has 0 fully saturated rings. The number of imidazole rings is 1. The van der Waals surface area contributed by atoms with Gasteiger partial charge in [0.25, 0.3) is 0 Å². The van der Waals surface area contributed by atoms with Crippen LogP contribution in [0.25, 0.3) is 6.08 Å². The molecule has 1 amide bonds. The van der Waals surface area contributed by atoms with Crippen molar-refractivity contribution in [2.75, 3.05) is 13.1 Å². The average Bonchev–Trinajstić information content (AvgIpc) is 2.89. The first-order chi connectivity index (χ1) is 8.77. The van der Waals surface area contributed by atoms with Crippen LogP contribution in [0, 0.1) is 0 Å². The third-order valence-electron chi connectivity index (χ3n) is 2.80. The van der Waals surface area contributed by atoms with Gasteiger partial charge in [-0.25, -0.2) is 4.98 Å². The monoisotopic (exact) mass is 249 g/mol. The summed E-state index contributed by atoms with van der Waals surface area (Å²) >= 11 is 0. The number of aromatic amines is 1. The number of nitrogens with one attached hydrogen (secondary N) is 1. The molecule has 0 atom stereocenters. The quantitative estimate of drug-likeness (QED) is 0.720. The fourth-order valence-corrected chi connectivity index (χ4v) is 1.65. The number of aromatic nitrogens is 2. The lowest BCUT2D eigenvalue weighted by Gasteiger charge is -2.20. The molecule has 0 aliphatic heterocycles. The van der Waals surface area contributed by atoms with Gasteiger partial charge in [0, 0.05) is 19.2 Å². The molecule has 4 nitrogen and oxygen atoms in total. The summed E-state index contributed by atoms with van der Waals surface area (Å²) in [7, 11) is 0. The highest BCUT2D eigenvalue weighted by Crippen LogP contribution is 2.02. The predicted octanol–water partition coefficient (Wildman–Crippen LogP) is 2.85. The first-order valence-electron chi connectivity index (χ1n) is 6.73. The van der Waals surface area contributed by atoms with Crippen LogP contribution in [-0.4, -0.2) is 33.9 Å². The van der Waals surface area contributed by atoms with Gasteiger partial charge in [0.1, 0.15) is 0 Å². The van der Waals surface area contributed by atoms with E-state index in [9.17, 15) is 4.79 Å². The molecular formula is C14H23N3O. The standard InChI is InChI=1S/C14H23N3O/c1-3-5-9-17(10-6-4-2)14(18)8-7-13-11-15-12-16-13/h7-8,11-12H,3-6,9-10H2,1-2H3,(H,15,16). The van der Waals surface area contributed by atoms with Crippen LogP contribution >= 0.6 is 0 Å². The molecule has 0 unspecified atom stereocenters. The zero-order valence-corrected chi connectivity index (χ0v) is 11.4. The number of hydrogen-bond acceptors (Lipinski definition) is 2. The van der Waals surface area contributed by atoms with E-state index in [-0.39, 0.29) is 5.91 Å². The summed E-state index contributed by atoms with van der Waals surface area (Å²) in [5.74, 6) is 0.0894. The predicted molar refractivity (Wildman–Crippen MR) is 74.0 cm³/mol. The van der Waals surface area contributed by atoms with Crippen LogP contribution in [0.15, 0.2) is 18.6 Å². The Hall–Kier alpha value is -1.58. The molecule has 0 aromatic carbocycles. The minimum Gasteiger partial charge on any atom is -0.345 e. The van der Waals surface area contributed by atoms with E-state index in [1.165, 1.54) is 0 Å². The lowest BCUT2D eigenvalue weighted by molar-refractivity contribution is -0.126. The molecule has 1 aromatic heterocycles. The van der Waals surface area contributed by atoms with E-state index in [0.717, 1.165) is 44.5 Å². The number of amides is 1. The van der Waals surface area contributed by atoms with E-state index >= 15 is 0 Å². The largest absolute Gasteiger partial charge is 0.345 e. The van der Waals surface area contributed by atoms with Crippen molar-refractivity contribution in [1.29, 1.82) is 0 Å². The second-order valence-electron chi connectivity index (χ2n) is 4.37. The van der Waals surface area contributed by atoms with Crippen LogP contribution in [0.2, 0.25) is 0 Å². The molecule has 1 N–H and O–H groups in total. The van der Waals surface area contributed by atoms with Crippen LogP contribution < -0.4 is 0 Å². The Kier molecular flexibility index (Phi) is 6.84. The van der Waals surface area contributed by atoms with Gasteiger partial charge < -0.3 is 9.88 Å². The van der Waals surface area contributed by atoms with Gasteiger partial charge in [-0.15, -0.1) is 0 Å². The number of nitrogens with zero attached hydrogens (tertiary/aromatic N) is 2. The number of rotatable bonds is 8. The molecule has 4 heteroatoms. The van der Waals surface area contributed by atoms with E-state index in [1.54, 1.807) is 24.7 Å². The Morgan fingerprint density at radius 3 is 2.50 bits per heavy atom. The second-order valence-corrected chi connectivity index (χ2v) is 4.37. The molecule has 0 aliphatic carbocycles. The smallest absolute Gasteiger partial charge is 0.246 e. The van der Waals surface area contributed by atoms with Crippen molar-refractivity contribution in [1.82, 2.24) is 14.9 Å². The zero-order chi connectivity index (χ0) is 13.2. The average molecular weight is 249 g/mol. The van der Waals surface area contributed by atoms with Crippen molar-refractivity contribution in [3.63, 3.8) is 0 Å². The Labute approximate surface area is 109 Å². The normalized spacial score (nSPS) is 11.0. The van der Waals surface area contributed by atoms with Crippen LogP contribution in [0.3, 0.4) is 0 Å². The highest BCUT2D eigenvalue weighted by molar-refractivity contribution is 5.91. The first-order valence-corrected chi connectivity index (χ1v) is 6.73. The third kappa shape index (κ3) is 5.17. The van der Waals surface area contributed by atoms with Gasteiger partial charge in [0.15, 0.2) is 0 Å². The number of unbranched alkanes of at least 4 members (excludes halogenated alkanes) is 2. The summed E-state index contributed by atoms with van der Waals surface area (Å²) < 4.78 is 0. The van der Waals surface area contributed by atoms with E-state index in [2.05, 4.69) is 23.8 Å². The topological polar surface area (TPSA) is 49.0 Å². The van der Waals surface area contributed by atoms with Gasteiger partial charge in [-0.2, -0.15) is 0 Å². The zero-order valence-electron chi connectivity index (χ0n) is 11.4. The number of hydrogen-bond donors (Lipinski definition) is 1. The molecule has 0 saturated carbocycles. The molecular weight excluding hydrogens is 226 g/mol. The number of H-pyrrole nitrogens is 1. The number of carbonyl (C=O) groups excluding carboxylic acids is 1. The summed E-state index contributed by atoms with van der Waals surface area (Å²) in [5.41, 5.74) is 0.856. The minimum atomic E-state index is 0.0894. The van der Waals surface area contributed by atoms with Gasteiger partial charge in [-0.1, -0.05) is 26.7 Å². The maximum atomic E-state index is 12.1. The van der Waals surface area contributed by atoms with Crippen LogP contribution in [-0.2, 0) is 4.79 Å². The fourth-order valence-electron chi connectivity index (χ4n) is 1.65. The fraction of sp³-hybridized carbons (Fsp3) is 0.571. The summed E-state index contributed by atoms with van der Waals surface area (Å²) in [6, 6.07) is 0. The second kappa shape index (κ2) is 8.50. The van der Waals surface area contributed by atoms with Crippen LogP contribution in [0.1, 0.15) is 45.2 Å². The molecule has 0 saturated heterocycles. The SMILES string of the molecule is CCCCN(CCCC)C(=O)C=Cc1cnc[nH]1. The van der Waals surface area contributed by atoms with Crippen molar-refractivity contribution in [3.05, 3.63) is 24.3 Å².